The SMILES string of the molecule is CCn1ccnc1CC(=O)CCCCN. The van der Waals surface area contributed by atoms with Crippen LogP contribution >= 0.6 is 0 Å². The number of imidazole rings is 1. The van der Waals surface area contributed by atoms with Gasteiger partial charge in [0.2, 0.25) is 0 Å². The Morgan fingerprint density at radius 2 is 2.33 bits per heavy atom. The number of aromatic nitrogens is 2. The summed E-state index contributed by atoms with van der Waals surface area (Å²) in [7, 11) is 0. The van der Waals surface area contributed by atoms with Crippen LogP contribution in [0.5, 0.6) is 0 Å². The predicted octanol–water partition coefficient (Wildman–Crippen LogP) is 1.14. The maximum absolute atomic E-state index is 11.6. The van der Waals surface area contributed by atoms with Crippen molar-refractivity contribution in [2.75, 3.05) is 6.54 Å². The highest BCUT2D eigenvalue weighted by atomic mass is 16.1. The molecule has 0 aliphatic carbocycles. The molecule has 0 amide bonds. The maximum atomic E-state index is 11.6. The Morgan fingerprint density at radius 1 is 1.53 bits per heavy atom. The molecule has 0 radical (unpaired) electrons. The Kier molecular flexibility index (Phi) is 5.04. The molecule has 0 aromatic carbocycles. The molecule has 2 N–H and O–H groups in total. The molecule has 0 saturated carbocycles. The summed E-state index contributed by atoms with van der Waals surface area (Å²) in [6.45, 7) is 3.58. The van der Waals surface area contributed by atoms with E-state index in [0.717, 1.165) is 25.2 Å². The molecule has 0 unspecified atom stereocenters. The van der Waals surface area contributed by atoms with Gasteiger partial charge >= 0.3 is 0 Å². The summed E-state index contributed by atoms with van der Waals surface area (Å²) in [6.07, 6.45) is 6.53. The van der Waals surface area contributed by atoms with Gasteiger partial charge in [0.15, 0.2) is 0 Å². The summed E-state index contributed by atoms with van der Waals surface area (Å²) >= 11 is 0. The van der Waals surface area contributed by atoms with Crippen molar-refractivity contribution in [2.45, 2.75) is 39.2 Å². The van der Waals surface area contributed by atoms with Gasteiger partial charge < -0.3 is 10.3 Å². The van der Waals surface area contributed by atoms with Gasteiger partial charge in [0.1, 0.15) is 11.6 Å². The first kappa shape index (κ1) is 11.9. The minimum atomic E-state index is 0.254. The van der Waals surface area contributed by atoms with E-state index in [-0.39, 0.29) is 5.78 Å². The van der Waals surface area contributed by atoms with E-state index in [1.165, 1.54) is 0 Å². The van der Waals surface area contributed by atoms with Crippen LogP contribution in [-0.4, -0.2) is 21.9 Å². The van der Waals surface area contributed by atoms with Crippen LogP contribution in [0.2, 0.25) is 0 Å². The number of ketones is 1. The molecule has 0 bridgehead atoms. The number of unbranched alkanes of at least 4 members (excludes halogenated alkanes) is 1. The molecule has 1 aromatic heterocycles. The van der Waals surface area contributed by atoms with E-state index in [9.17, 15) is 4.79 Å². The molecule has 1 aromatic rings. The summed E-state index contributed by atoms with van der Waals surface area (Å²) in [6, 6.07) is 0. The van der Waals surface area contributed by atoms with Gasteiger partial charge in [-0.05, 0) is 26.3 Å². The molecule has 1 rings (SSSR count). The predicted molar refractivity (Wildman–Crippen MR) is 59.5 cm³/mol. The Hall–Kier alpha value is -1.16. The highest BCUT2D eigenvalue weighted by Crippen LogP contribution is 2.03. The number of rotatable bonds is 7. The lowest BCUT2D eigenvalue weighted by Crippen LogP contribution is -2.09. The highest BCUT2D eigenvalue weighted by molar-refractivity contribution is 5.80. The molecular formula is C11H19N3O. The minimum absolute atomic E-state index is 0.254. The Morgan fingerprint density at radius 3 is 3.00 bits per heavy atom. The first-order valence-electron chi connectivity index (χ1n) is 5.49. The lowest BCUT2D eigenvalue weighted by atomic mass is 10.1. The van der Waals surface area contributed by atoms with Crippen LogP contribution in [0.4, 0.5) is 0 Å². The molecule has 0 fully saturated rings. The number of carbonyl (C=O) groups excluding carboxylic acids is 1. The maximum Gasteiger partial charge on any atom is 0.140 e. The van der Waals surface area contributed by atoms with Crippen molar-refractivity contribution in [3.8, 4) is 0 Å². The van der Waals surface area contributed by atoms with Gasteiger partial charge in [-0.2, -0.15) is 0 Å². The van der Waals surface area contributed by atoms with E-state index in [4.69, 9.17) is 5.73 Å². The second kappa shape index (κ2) is 6.35. The molecule has 4 heteroatoms. The topological polar surface area (TPSA) is 60.9 Å². The van der Waals surface area contributed by atoms with Crippen LogP contribution in [0.3, 0.4) is 0 Å². The van der Waals surface area contributed by atoms with Gasteiger partial charge in [0.05, 0.1) is 6.42 Å². The molecule has 4 nitrogen and oxygen atoms in total. The average molecular weight is 209 g/mol. The number of hydrogen-bond donors (Lipinski definition) is 1. The number of aryl methyl sites for hydroxylation is 1. The fourth-order valence-corrected chi connectivity index (χ4v) is 1.53. The quantitative estimate of drug-likeness (QED) is 0.685. The van der Waals surface area contributed by atoms with Crippen molar-refractivity contribution in [3.63, 3.8) is 0 Å². The van der Waals surface area contributed by atoms with Crippen molar-refractivity contribution in [3.05, 3.63) is 18.2 Å². The summed E-state index contributed by atoms with van der Waals surface area (Å²) in [4.78, 5) is 15.7. The third-order valence-corrected chi connectivity index (χ3v) is 2.41. The summed E-state index contributed by atoms with van der Waals surface area (Å²) in [5.74, 6) is 1.12. The number of hydrogen-bond acceptors (Lipinski definition) is 3. The molecule has 0 saturated heterocycles. The van der Waals surface area contributed by atoms with E-state index in [0.29, 0.717) is 19.4 Å². The summed E-state index contributed by atoms with van der Waals surface area (Å²) in [5, 5.41) is 0. The minimum Gasteiger partial charge on any atom is -0.335 e. The monoisotopic (exact) mass is 209 g/mol. The lowest BCUT2D eigenvalue weighted by molar-refractivity contribution is -0.118. The van der Waals surface area contributed by atoms with Gasteiger partial charge in [0, 0.05) is 25.4 Å². The van der Waals surface area contributed by atoms with Crippen molar-refractivity contribution < 1.29 is 4.79 Å². The number of nitrogens with zero attached hydrogens (tertiary/aromatic N) is 2. The van der Waals surface area contributed by atoms with Crippen molar-refractivity contribution >= 4 is 5.78 Å². The second-order valence-electron chi connectivity index (χ2n) is 3.59. The number of Topliss-reactive ketones (excluding diaryl/α,β-unsaturated/α-hetero) is 1. The van der Waals surface area contributed by atoms with Crippen molar-refractivity contribution in [1.29, 1.82) is 0 Å². The van der Waals surface area contributed by atoms with E-state index < -0.39 is 0 Å². The highest BCUT2D eigenvalue weighted by Gasteiger charge is 2.07. The van der Waals surface area contributed by atoms with Gasteiger partial charge in [0.25, 0.3) is 0 Å². The van der Waals surface area contributed by atoms with Gasteiger partial charge in [-0.15, -0.1) is 0 Å². The van der Waals surface area contributed by atoms with Gasteiger partial charge in [-0.3, -0.25) is 4.79 Å². The Bertz CT molecular complexity index is 307. The van der Waals surface area contributed by atoms with Crippen LogP contribution in [0.25, 0.3) is 0 Å². The zero-order chi connectivity index (χ0) is 11.1. The Labute approximate surface area is 90.5 Å². The van der Waals surface area contributed by atoms with Gasteiger partial charge in [-0.1, -0.05) is 0 Å². The number of nitrogens with two attached hydrogens (primary N) is 1. The fraction of sp³-hybridized carbons (Fsp3) is 0.636. The van der Waals surface area contributed by atoms with Crippen LogP contribution in [-0.2, 0) is 17.8 Å². The molecule has 0 aliphatic rings. The van der Waals surface area contributed by atoms with E-state index in [1.54, 1.807) is 6.20 Å². The Balaban J connectivity index is 2.37. The van der Waals surface area contributed by atoms with Crippen LogP contribution < -0.4 is 5.73 Å². The summed E-state index contributed by atoms with van der Waals surface area (Å²) in [5.41, 5.74) is 5.37. The molecule has 84 valence electrons. The zero-order valence-corrected chi connectivity index (χ0v) is 9.28. The third-order valence-electron chi connectivity index (χ3n) is 2.41. The lowest BCUT2D eigenvalue weighted by Gasteiger charge is -2.03. The molecule has 0 spiro atoms. The van der Waals surface area contributed by atoms with E-state index in [2.05, 4.69) is 4.98 Å². The van der Waals surface area contributed by atoms with E-state index >= 15 is 0 Å². The van der Waals surface area contributed by atoms with Crippen LogP contribution in [0, 0.1) is 0 Å². The molecule has 0 atom stereocenters. The molecule has 15 heavy (non-hydrogen) atoms. The second-order valence-corrected chi connectivity index (χ2v) is 3.59. The van der Waals surface area contributed by atoms with Gasteiger partial charge in [-0.25, -0.2) is 4.98 Å². The molecule has 1 heterocycles. The third kappa shape index (κ3) is 3.83. The first-order chi connectivity index (χ1) is 7.27. The first-order valence-corrected chi connectivity index (χ1v) is 5.49. The standard InChI is InChI=1S/C11H19N3O/c1-2-14-8-7-13-11(14)9-10(15)5-3-4-6-12/h7-8H,2-6,9,12H2,1H3. The smallest absolute Gasteiger partial charge is 0.140 e. The summed E-state index contributed by atoms with van der Waals surface area (Å²) < 4.78 is 2.00. The van der Waals surface area contributed by atoms with Crippen molar-refractivity contribution in [2.24, 2.45) is 5.73 Å². The normalized spacial score (nSPS) is 10.5. The van der Waals surface area contributed by atoms with Crippen LogP contribution in [0.15, 0.2) is 12.4 Å². The van der Waals surface area contributed by atoms with E-state index in [1.807, 2.05) is 17.7 Å². The molecular weight excluding hydrogens is 190 g/mol. The largest absolute Gasteiger partial charge is 0.335 e. The molecule has 0 aliphatic heterocycles. The van der Waals surface area contributed by atoms with Crippen molar-refractivity contribution in [1.82, 2.24) is 9.55 Å². The van der Waals surface area contributed by atoms with Crippen LogP contribution in [0.1, 0.15) is 32.0 Å². The zero-order valence-electron chi connectivity index (χ0n) is 9.28. The number of carbonyl (C=O) groups is 1. The average Bonchev–Trinajstić information content (AvgIpc) is 2.65. The fourth-order valence-electron chi connectivity index (χ4n) is 1.53.